The number of alkyl halides is 1. The normalized spacial score (nSPS) is 13.0. The van der Waals surface area contributed by atoms with Crippen molar-refractivity contribution in [3.63, 3.8) is 0 Å². The molecule has 0 N–H and O–H groups in total. The van der Waals surface area contributed by atoms with Gasteiger partial charge in [-0.3, -0.25) is 0 Å². The highest BCUT2D eigenvalue weighted by molar-refractivity contribution is 7.16. The standard InChI is InChI=1S/C15H13Cl2FN2S/c1-8-5-12-11(6-10(8)18)19-15(7-16)20(12)9(2)13-3-4-14(17)21-13/h3-6,9H,7H2,1-2H3. The maximum atomic E-state index is 13.7. The zero-order valence-corrected chi connectivity index (χ0v) is 13.9. The van der Waals surface area contributed by atoms with E-state index in [2.05, 4.69) is 16.5 Å². The molecule has 0 spiro atoms. The number of thiophene rings is 1. The van der Waals surface area contributed by atoms with Crippen LogP contribution in [0, 0.1) is 12.7 Å². The van der Waals surface area contributed by atoms with Crippen molar-refractivity contribution in [2.24, 2.45) is 0 Å². The van der Waals surface area contributed by atoms with E-state index in [4.69, 9.17) is 23.2 Å². The number of halogens is 3. The van der Waals surface area contributed by atoms with Crippen molar-refractivity contribution in [3.8, 4) is 0 Å². The van der Waals surface area contributed by atoms with E-state index in [0.29, 0.717) is 11.1 Å². The number of hydrogen-bond acceptors (Lipinski definition) is 2. The van der Waals surface area contributed by atoms with Gasteiger partial charge in [0.25, 0.3) is 0 Å². The van der Waals surface area contributed by atoms with Crippen LogP contribution in [0.3, 0.4) is 0 Å². The Balaban J connectivity index is 2.22. The van der Waals surface area contributed by atoms with E-state index in [-0.39, 0.29) is 17.7 Å². The molecule has 21 heavy (non-hydrogen) atoms. The van der Waals surface area contributed by atoms with Gasteiger partial charge in [0.15, 0.2) is 0 Å². The fourth-order valence-electron chi connectivity index (χ4n) is 2.48. The highest BCUT2D eigenvalue weighted by Crippen LogP contribution is 2.33. The predicted molar refractivity (Wildman–Crippen MR) is 87.1 cm³/mol. The number of rotatable bonds is 3. The van der Waals surface area contributed by atoms with E-state index < -0.39 is 0 Å². The summed E-state index contributed by atoms with van der Waals surface area (Å²) < 4.78 is 16.5. The van der Waals surface area contributed by atoms with Crippen LogP contribution in [0.1, 0.15) is 29.2 Å². The van der Waals surface area contributed by atoms with E-state index in [9.17, 15) is 4.39 Å². The third-order valence-electron chi connectivity index (χ3n) is 3.56. The van der Waals surface area contributed by atoms with Gasteiger partial charge in [0.05, 0.1) is 27.3 Å². The summed E-state index contributed by atoms with van der Waals surface area (Å²) in [5.41, 5.74) is 2.12. The molecule has 2 heterocycles. The number of fused-ring (bicyclic) bond motifs is 1. The molecule has 1 atom stereocenters. The molecule has 1 aromatic carbocycles. The molecule has 0 saturated carbocycles. The molecule has 0 saturated heterocycles. The van der Waals surface area contributed by atoms with Gasteiger partial charge in [-0.1, -0.05) is 11.6 Å². The molecule has 0 radical (unpaired) electrons. The molecule has 2 aromatic heterocycles. The first-order valence-corrected chi connectivity index (χ1v) is 8.22. The van der Waals surface area contributed by atoms with Crippen LogP contribution in [-0.2, 0) is 5.88 Å². The molecule has 0 aliphatic heterocycles. The van der Waals surface area contributed by atoms with Gasteiger partial charge >= 0.3 is 0 Å². The van der Waals surface area contributed by atoms with Crippen LogP contribution >= 0.6 is 34.5 Å². The van der Waals surface area contributed by atoms with E-state index in [1.54, 1.807) is 6.92 Å². The first kappa shape index (κ1) is 14.8. The average Bonchev–Trinajstić information content (AvgIpc) is 3.02. The maximum Gasteiger partial charge on any atom is 0.128 e. The fourth-order valence-corrected chi connectivity index (χ4v) is 3.77. The lowest BCUT2D eigenvalue weighted by atomic mass is 10.2. The van der Waals surface area contributed by atoms with Crippen LogP contribution in [0.2, 0.25) is 4.34 Å². The summed E-state index contributed by atoms with van der Waals surface area (Å²) in [4.78, 5) is 5.57. The van der Waals surface area contributed by atoms with Gasteiger partial charge < -0.3 is 4.57 Å². The number of aromatic nitrogens is 2. The van der Waals surface area contributed by atoms with Crippen molar-refractivity contribution in [2.75, 3.05) is 0 Å². The molecule has 2 nitrogen and oxygen atoms in total. The highest BCUT2D eigenvalue weighted by atomic mass is 35.5. The zero-order valence-electron chi connectivity index (χ0n) is 11.5. The molecule has 0 bridgehead atoms. The van der Waals surface area contributed by atoms with E-state index in [0.717, 1.165) is 20.6 Å². The Morgan fingerprint density at radius 3 is 2.76 bits per heavy atom. The van der Waals surface area contributed by atoms with Crippen molar-refractivity contribution >= 4 is 45.6 Å². The second-order valence-corrected chi connectivity index (χ2v) is 6.95. The number of aryl methyl sites for hydroxylation is 1. The third kappa shape index (κ3) is 2.56. The minimum atomic E-state index is -0.250. The second-order valence-electron chi connectivity index (χ2n) is 4.94. The quantitative estimate of drug-likeness (QED) is 0.571. The fraction of sp³-hybridized carbons (Fsp3) is 0.267. The number of hydrogen-bond donors (Lipinski definition) is 0. The molecule has 0 aliphatic rings. The third-order valence-corrected chi connectivity index (χ3v) is 5.20. The molecular formula is C15H13Cl2FN2S. The van der Waals surface area contributed by atoms with Crippen molar-refractivity contribution in [2.45, 2.75) is 25.8 Å². The number of benzene rings is 1. The Labute approximate surface area is 136 Å². The minimum Gasteiger partial charge on any atom is -0.319 e. The first-order valence-electron chi connectivity index (χ1n) is 6.49. The average molecular weight is 343 g/mol. The molecule has 1 unspecified atom stereocenters. The van der Waals surface area contributed by atoms with E-state index in [1.807, 2.05) is 18.2 Å². The van der Waals surface area contributed by atoms with Gasteiger partial charge in [-0.25, -0.2) is 9.37 Å². The van der Waals surface area contributed by atoms with Crippen molar-refractivity contribution in [1.29, 1.82) is 0 Å². The van der Waals surface area contributed by atoms with Crippen LogP contribution < -0.4 is 0 Å². The molecule has 3 rings (SSSR count). The van der Waals surface area contributed by atoms with Gasteiger partial charge in [0.1, 0.15) is 11.6 Å². The Hall–Kier alpha value is -1.10. The molecule has 110 valence electrons. The summed E-state index contributed by atoms with van der Waals surface area (Å²) in [6, 6.07) is 7.21. The number of nitrogens with zero attached hydrogens (tertiary/aromatic N) is 2. The van der Waals surface area contributed by atoms with Crippen LogP contribution in [0.5, 0.6) is 0 Å². The van der Waals surface area contributed by atoms with Crippen LogP contribution in [0.4, 0.5) is 4.39 Å². The molecular weight excluding hydrogens is 330 g/mol. The summed E-state index contributed by atoms with van der Waals surface area (Å²) in [5, 5.41) is 0. The van der Waals surface area contributed by atoms with Crippen molar-refractivity contribution in [1.82, 2.24) is 9.55 Å². The van der Waals surface area contributed by atoms with Gasteiger partial charge in [0, 0.05) is 10.9 Å². The van der Waals surface area contributed by atoms with Gasteiger partial charge in [-0.15, -0.1) is 22.9 Å². The predicted octanol–water partition coefficient (Wildman–Crippen LogP) is 5.55. The lowest BCUT2D eigenvalue weighted by Gasteiger charge is -2.15. The summed E-state index contributed by atoms with van der Waals surface area (Å²) >= 11 is 13.6. The molecule has 6 heteroatoms. The van der Waals surface area contributed by atoms with Gasteiger partial charge in [-0.2, -0.15) is 0 Å². The largest absolute Gasteiger partial charge is 0.319 e. The summed E-state index contributed by atoms with van der Waals surface area (Å²) in [5.74, 6) is 0.757. The van der Waals surface area contributed by atoms with Crippen LogP contribution in [0.15, 0.2) is 24.3 Å². The minimum absolute atomic E-state index is 0.0473. The van der Waals surface area contributed by atoms with E-state index >= 15 is 0 Å². The van der Waals surface area contributed by atoms with Gasteiger partial charge in [-0.05, 0) is 37.6 Å². The van der Waals surface area contributed by atoms with Crippen LogP contribution in [-0.4, -0.2) is 9.55 Å². The lowest BCUT2D eigenvalue weighted by molar-refractivity contribution is 0.619. The SMILES string of the molecule is Cc1cc2c(cc1F)nc(CCl)n2C(C)c1ccc(Cl)s1. The summed E-state index contributed by atoms with van der Waals surface area (Å²) in [7, 11) is 0. The second kappa shape index (κ2) is 5.59. The van der Waals surface area contributed by atoms with E-state index in [1.165, 1.54) is 17.4 Å². The molecule has 0 aliphatic carbocycles. The smallest absolute Gasteiger partial charge is 0.128 e. The Morgan fingerprint density at radius 2 is 2.14 bits per heavy atom. The van der Waals surface area contributed by atoms with Gasteiger partial charge in [0.2, 0.25) is 0 Å². The highest BCUT2D eigenvalue weighted by Gasteiger charge is 2.19. The van der Waals surface area contributed by atoms with Crippen molar-refractivity contribution < 1.29 is 4.39 Å². The number of imidazole rings is 1. The zero-order chi connectivity index (χ0) is 15.1. The molecule has 0 amide bonds. The summed E-state index contributed by atoms with van der Waals surface area (Å²) in [6.45, 7) is 3.82. The Morgan fingerprint density at radius 1 is 1.38 bits per heavy atom. The topological polar surface area (TPSA) is 17.8 Å². The monoisotopic (exact) mass is 342 g/mol. The molecule has 0 fully saturated rings. The summed E-state index contributed by atoms with van der Waals surface area (Å²) in [6.07, 6.45) is 0. The first-order chi connectivity index (χ1) is 10.0. The van der Waals surface area contributed by atoms with Crippen molar-refractivity contribution in [3.05, 3.63) is 50.7 Å². The Kier molecular flexibility index (Phi) is 3.95. The molecule has 3 aromatic rings. The van der Waals surface area contributed by atoms with Crippen LogP contribution in [0.25, 0.3) is 11.0 Å². The Bertz CT molecular complexity index is 809. The lowest BCUT2D eigenvalue weighted by Crippen LogP contribution is -2.08. The maximum absolute atomic E-state index is 13.7.